The van der Waals surface area contributed by atoms with Gasteiger partial charge in [-0.25, -0.2) is 0 Å². The molecule has 2 N–H and O–H groups in total. The van der Waals surface area contributed by atoms with Gasteiger partial charge in [0, 0.05) is 35.9 Å². The predicted octanol–water partition coefficient (Wildman–Crippen LogP) is 4.23. The number of rotatable bonds is 7. The van der Waals surface area contributed by atoms with Crippen molar-refractivity contribution in [2.45, 2.75) is 26.2 Å². The number of nitrogens with one attached hydrogen (secondary N) is 2. The van der Waals surface area contributed by atoms with Crippen molar-refractivity contribution < 1.29 is 14.3 Å². The number of amides is 1. The molecular weight excluding hydrogens is 366 g/mol. The smallest absolute Gasteiger partial charge is 0.257 e. The van der Waals surface area contributed by atoms with Gasteiger partial charge in [0.1, 0.15) is 12.4 Å². The first-order chi connectivity index (χ1) is 14.3. The lowest BCUT2D eigenvalue weighted by Crippen LogP contribution is -2.12. The van der Waals surface area contributed by atoms with Crippen molar-refractivity contribution >= 4 is 11.6 Å². The van der Waals surface area contributed by atoms with Gasteiger partial charge in [0.2, 0.25) is 0 Å². The lowest BCUT2D eigenvalue weighted by atomic mass is 10.0. The van der Waals surface area contributed by atoms with Gasteiger partial charge >= 0.3 is 0 Å². The van der Waals surface area contributed by atoms with Crippen LogP contribution in [0.25, 0.3) is 11.3 Å². The van der Waals surface area contributed by atoms with E-state index in [0.717, 1.165) is 47.7 Å². The third kappa shape index (κ3) is 4.32. The highest BCUT2D eigenvalue weighted by Gasteiger charge is 2.24. The van der Waals surface area contributed by atoms with E-state index in [1.807, 2.05) is 37.3 Å². The third-order valence-electron chi connectivity index (χ3n) is 5.02. The number of carbonyl (C=O) groups excluding carboxylic acids is 1. The van der Waals surface area contributed by atoms with Crippen molar-refractivity contribution in [2.75, 3.05) is 25.1 Å². The summed E-state index contributed by atoms with van der Waals surface area (Å²) in [5.74, 6) is 0.599. The number of hydrogen-bond acceptors (Lipinski definition) is 4. The Balaban J connectivity index is 1.49. The van der Waals surface area contributed by atoms with Gasteiger partial charge in [-0.3, -0.25) is 9.78 Å². The molecule has 0 fully saturated rings. The maximum atomic E-state index is 13.0. The van der Waals surface area contributed by atoms with Crippen molar-refractivity contribution in [2.24, 2.45) is 0 Å². The fourth-order valence-corrected chi connectivity index (χ4v) is 3.63. The first-order valence-electron chi connectivity index (χ1n) is 10.0. The number of ether oxygens (including phenoxy) is 2. The molecule has 2 heterocycles. The van der Waals surface area contributed by atoms with Gasteiger partial charge in [0.05, 0.1) is 17.9 Å². The van der Waals surface area contributed by atoms with E-state index >= 15 is 0 Å². The topological polar surface area (TPSA) is 76.2 Å². The Labute approximate surface area is 170 Å². The van der Waals surface area contributed by atoms with E-state index in [4.69, 9.17) is 9.47 Å². The fourth-order valence-electron chi connectivity index (χ4n) is 3.63. The molecule has 1 aliphatic rings. The number of carbonyl (C=O) groups is 1. The summed E-state index contributed by atoms with van der Waals surface area (Å²) in [4.78, 5) is 20.8. The number of aryl methyl sites for hydroxylation is 2. The maximum absolute atomic E-state index is 13.0. The van der Waals surface area contributed by atoms with Crippen LogP contribution in [0.4, 0.5) is 5.69 Å². The van der Waals surface area contributed by atoms with Gasteiger partial charge in [0.25, 0.3) is 5.91 Å². The zero-order chi connectivity index (χ0) is 20.1. The molecule has 150 valence electrons. The Morgan fingerprint density at radius 3 is 2.86 bits per heavy atom. The van der Waals surface area contributed by atoms with Crippen LogP contribution in [0.3, 0.4) is 0 Å². The summed E-state index contributed by atoms with van der Waals surface area (Å²) in [6.45, 7) is 3.69. The average Bonchev–Trinajstić information content (AvgIpc) is 3.08. The normalized spacial score (nSPS) is 12.6. The van der Waals surface area contributed by atoms with Crippen LogP contribution in [-0.4, -0.2) is 35.7 Å². The number of nitrogens with zero attached hydrogens (tertiary/aromatic N) is 1. The molecule has 0 radical (unpaired) electrons. The monoisotopic (exact) mass is 391 g/mol. The van der Waals surface area contributed by atoms with Gasteiger partial charge in [-0.1, -0.05) is 6.07 Å². The second-order valence-corrected chi connectivity index (χ2v) is 6.94. The lowest BCUT2D eigenvalue weighted by Gasteiger charge is -2.10. The molecule has 1 aliphatic carbocycles. The van der Waals surface area contributed by atoms with E-state index in [9.17, 15) is 4.79 Å². The molecule has 2 aromatic heterocycles. The van der Waals surface area contributed by atoms with Gasteiger partial charge in [-0.05, 0) is 62.1 Å². The molecule has 3 aromatic rings. The summed E-state index contributed by atoms with van der Waals surface area (Å²) < 4.78 is 10.9. The minimum atomic E-state index is -0.147. The third-order valence-corrected chi connectivity index (χ3v) is 5.02. The molecule has 4 rings (SSSR count). The first-order valence-corrected chi connectivity index (χ1v) is 10.0. The first kappa shape index (κ1) is 19.2. The Kier molecular flexibility index (Phi) is 5.91. The Morgan fingerprint density at radius 2 is 2.03 bits per heavy atom. The zero-order valence-electron chi connectivity index (χ0n) is 16.5. The zero-order valence-corrected chi connectivity index (χ0v) is 16.5. The molecule has 0 saturated carbocycles. The molecular formula is C23H25N3O3. The Hall–Kier alpha value is -3.12. The maximum Gasteiger partial charge on any atom is 0.257 e. The Morgan fingerprint density at radius 1 is 1.17 bits per heavy atom. The highest BCUT2D eigenvalue weighted by atomic mass is 16.5. The van der Waals surface area contributed by atoms with Crippen LogP contribution in [0, 0.1) is 0 Å². The number of hydrogen-bond donors (Lipinski definition) is 2. The molecule has 0 bridgehead atoms. The SMILES string of the molecule is CCOCCOc1ccc(NC(=O)c2c[nH]c3c2-c2ncccc2CCC3)cc1. The molecule has 29 heavy (non-hydrogen) atoms. The molecule has 0 aliphatic heterocycles. The number of benzene rings is 1. The lowest BCUT2D eigenvalue weighted by molar-refractivity contribution is 0.102. The quantitative estimate of drug-likeness (QED) is 0.591. The van der Waals surface area contributed by atoms with Crippen LogP contribution < -0.4 is 10.1 Å². The number of H-pyrrole nitrogens is 1. The Bertz CT molecular complexity index is 979. The van der Waals surface area contributed by atoms with Crippen molar-refractivity contribution in [3.8, 4) is 17.0 Å². The van der Waals surface area contributed by atoms with Crippen LogP contribution in [0.15, 0.2) is 48.8 Å². The molecule has 0 unspecified atom stereocenters. The number of fused-ring (bicyclic) bond motifs is 3. The predicted molar refractivity (Wildman–Crippen MR) is 112 cm³/mol. The fraction of sp³-hybridized carbons (Fsp3) is 0.304. The molecule has 0 saturated heterocycles. The summed E-state index contributed by atoms with van der Waals surface area (Å²) in [7, 11) is 0. The molecule has 1 amide bonds. The highest BCUT2D eigenvalue weighted by molar-refractivity contribution is 6.09. The summed E-state index contributed by atoms with van der Waals surface area (Å²) in [5.41, 5.74) is 5.44. The number of anilines is 1. The summed E-state index contributed by atoms with van der Waals surface area (Å²) in [6.07, 6.45) is 6.49. The number of aromatic amines is 1. The van der Waals surface area contributed by atoms with Crippen molar-refractivity contribution in [1.29, 1.82) is 0 Å². The van der Waals surface area contributed by atoms with E-state index in [1.165, 1.54) is 5.56 Å². The van der Waals surface area contributed by atoms with Crippen molar-refractivity contribution in [3.63, 3.8) is 0 Å². The number of pyridine rings is 1. The van der Waals surface area contributed by atoms with Gasteiger partial charge in [-0.2, -0.15) is 0 Å². The second-order valence-electron chi connectivity index (χ2n) is 6.94. The van der Waals surface area contributed by atoms with E-state index < -0.39 is 0 Å². The molecule has 0 spiro atoms. The standard InChI is InChI=1S/C23H25N3O3/c1-2-28-13-14-29-18-10-8-17(9-11-18)26-23(27)19-15-25-20-7-3-5-16-6-4-12-24-22(16)21(19)20/h4,6,8-12,15,25H,2-3,5,7,13-14H2,1H3,(H,26,27). The van der Waals surface area contributed by atoms with Crippen LogP contribution in [0.5, 0.6) is 5.75 Å². The van der Waals surface area contributed by atoms with Crippen molar-refractivity contribution in [3.05, 3.63) is 65.6 Å². The van der Waals surface area contributed by atoms with Gasteiger partial charge in [0.15, 0.2) is 0 Å². The summed E-state index contributed by atoms with van der Waals surface area (Å²) in [5, 5.41) is 2.98. The van der Waals surface area contributed by atoms with Crippen LogP contribution in [0.1, 0.15) is 35.0 Å². The second kappa shape index (κ2) is 8.92. The van der Waals surface area contributed by atoms with E-state index in [0.29, 0.717) is 25.4 Å². The highest BCUT2D eigenvalue weighted by Crippen LogP contribution is 2.33. The van der Waals surface area contributed by atoms with Crippen LogP contribution in [-0.2, 0) is 17.6 Å². The van der Waals surface area contributed by atoms with Crippen LogP contribution in [0.2, 0.25) is 0 Å². The van der Waals surface area contributed by atoms with Crippen LogP contribution >= 0.6 is 0 Å². The van der Waals surface area contributed by atoms with Crippen molar-refractivity contribution in [1.82, 2.24) is 9.97 Å². The van der Waals surface area contributed by atoms with E-state index in [2.05, 4.69) is 21.4 Å². The summed E-state index contributed by atoms with van der Waals surface area (Å²) in [6, 6.07) is 11.4. The molecule has 6 heteroatoms. The molecule has 0 atom stereocenters. The molecule has 6 nitrogen and oxygen atoms in total. The number of aromatic nitrogens is 2. The average molecular weight is 391 g/mol. The minimum absolute atomic E-state index is 0.147. The molecule has 1 aromatic carbocycles. The van der Waals surface area contributed by atoms with E-state index in [-0.39, 0.29) is 5.91 Å². The van der Waals surface area contributed by atoms with Gasteiger partial charge in [-0.15, -0.1) is 0 Å². The van der Waals surface area contributed by atoms with E-state index in [1.54, 1.807) is 12.4 Å². The summed E-state index contributed by atoms with van der Waals surface area (Å²) >= 11 is 0. The minimum Gasteiger partial charge on any atom is -0.491 e. The largest absolute Gasteiger partial charge is 0.491 e. The van der Waals surface area contributed by atoms with Gasteiger partial charge < -0.3 is 19.8 Å².